The lowest BCUT2D eigenvalue weighted by Crippen LogP contribution is -2.33. The van der Waals surface area contributed by atoms with Crippen molar-refractivity contribution in [2.75, 3.05) is 18.9 Å². The predicted molar refractivity (Wildman–Crippen MR) is 139 cm³/mol. The molecular weight excluding hydrogens is 494 g/mol. The number of hydrogen-bond acceptors (Lipinski definition) is 9. The van der Waals surface area contributed by atoms with E-state index in [9.17, 15) is 8.42 Å². The molecule has 37 heavy (non-hydrogen) atoms. The SMILES string of the molecule is COc1cccc(-c2nnc(NS(=O)(=O)[C@@H](C)[C@H](OC)c3ncc(C)cn3)n2-c2cccc(C)c2C)n1. The van der Waals surface area contributed by atoms with Crippen LogP contribution in [0.4, 0.5) is 5.95 Å². The van der Waals surface area contributed by atoms with Crippen LogP contribution in [0.2, 0.25) is 0 Å². The number of methoxy groups -OCH3 is 2. The number of aromatic nitrogens is 6. The van der Waals surface area contributed by atoms with E-state index in [1.54, 1.807) is 35.2 Å². The molecule has 0 unspecified atom stereocenters. The van der Waals surface area contributed by atoms with Crippen LogP contribution < -0.4 is 9.46 Å². The molecule has 0 spiro atoms. The molecule has 11 nitrogen and oxygen atoms in total. The molecule has 4 rings (SSSR count). The maximum atomic E-state index is 13.6. The second-order valence-electron chi connectivity index (χ2n) is 8.59. The Labute approximate surface area is 216 Å². The Hall–Kier alpha value is -3.90. The first-order chi connectivity index (χ1) is 17.7. The third kappa shape index (κ3) is 5.30. The van der Waals surface area contributed by atoms with E-state index < -0.39 is 21.4 Å². The van der Waals surface area contributed by atoms with Gasteiger partial charge in [-0.25, -0.2) is 23.4 Å². The van der Waals surface area contributed by atoms with Gasteiger partial charge in [-0.3, -0.25) is 9.29 Å². The van der Waals surface area contributed by atoms with E-state index in [2.05, 4.69) is 29.9 Å². The molecule has 0 bridgehead atoms. The van der Waals surface area contributed by atoms with E-state index in [0.29, 0.717) is 23.1 Å². The number of nitrogens with one attached hydrogen (secondary N) is 1. The summed E-state index contributed by atoms with van der Waals surface area (Å²) in [7, 11) is -1.10. The van der Waals surface area contributed by atoms with E-state index in [-0.39, 0.29) is 11.8 Å². The number of aryl methyl sites for hydroxylation is 2. The highest BCUT2D eigenvalue weighted by molar-refractivity contribution is 7.93. The van der Waals surface area contributed by atoms with Gasteiger partial charge in [0.05, 0.1) is 12.8 Å². The monoisotopic (exact) mass is 523 g/mol. The molecule has 0 saturated carbocycles. The minimum Gasteiger partial charge on any atom is -0.481 e. The lowest BCUT2D eigenvalue weighted by molar-refractivity contribution is 0.0949. The molecule has 2 atom stereocenters. The standard InChI is InChI=1S/C25H29N7O4S/c1-15-13-26-23(27-14-15)22(36-6)18(4)37(33,34)31-25-30-29-24(19-10-8-12-21(28-19)35-5)32(25)20-11-7-9-16(2)17(20)3/h7-14,18,22H,1-6H3,(H,30,31)/t18-,22-/m0/s1. The van der Waals surface area contributed by atoms with E-state index in [1.165, 1.54) is 21.1 Å². The molecule has 0 aliphatic heterocycles. The topological polar surface area (TPSA) is 134 Å². The zero-order chi connectivity index (χ0) is 26.7. The van der Waals surface area contributed by atoms with Crippen LogP contribution in [0.1, 0.15) is 35.5 Å². The van der Waals surface area contributed by atoms with Crippen molar-refractivity contribution in [3.05, 3.63) is 71.3 Å². The third-order valence-corrected chi connectivity index (χ3v) is 7.79. The number of pyridine rings is 1. The Morgan fingerprint density at radius 2 is 1.68 bits per heavy atom. The summed E-state index contributed by atoms with van der Waals surface area (Å²) in [6.07, 6.45) is 2.33. The van der Waals surface area contributed by atoms with Crippen LogP contribution in [-0.4, -0.2) is 57.6 Å². The molecule has 0 amide bonds. The molecule has 0 aliphatic rings. The van der Waals surface area contributed by atoms with Gasteiger partial charge in [0, 0.05) is 25.6 Å². The molecule has 0 radical (unpaired) electrons. The molecule has 12 heteroatoms. The number of benzene rings is 1. The van der Waals surface area contributed by atoms with Crippen molar-refractivity contribution in [3.63, 3.8) is 0 Å². The van der Waals surface area contributed by atoms with E-state index >= 15 is 0 Å². The van der Waals surface area contributed by atoms with E-state index in [1.807, 2.05) is 39.0 Å². The molecule has 194 valence electrons. The Balaban J connectivity index is 1.80. The van der Waals surface area contributed by atoms with Gasteiger partial charge >= 0.3 is 0 Å². The van der Waals surface area contributed by atoms with Crippen LogP contribution >= 0.6 is 0 Å². The number of hydrogen-bond donors (Lipinski definition) is 1. The highest BCUT2D eigenvalue weighted by Gasteiger charge is 2.34. The van der Waals surface area contributed by atoms with Crippen LogP contribution in [0.3, 0.4) is 0 Å². The maximum absolute atomic E-state index is 13.6. The van der Waals surface area contributed by atoms with Crippen molar-refractivity contribution in [2.45, 2.75) is 39.0 Å². The Morgan fingerprint density at radius 3 is 2.35 bits per heavy atom. The molecule has 4 aromatic rings. The lowest BCUT2D eigenvalue weighted by atomic mass is 10.1. The van der Waals surface area contributed by atoms with Crippen molar-refractivity contribution in [1.29, 1.82) is 0 Å². The Bertz CT molecular complexity index is 1500. The fourth-order valence-corrected chi connectivity index (χ4v) is 4.95. The molecule has 0 saturated heterocycles. The summed E-state index contributed by atoms with van der Waals surface area (Å²) in [6, 6.07) is 11.0. The Morgan fingerprint density at radius 1 is 0.973 bits per heavy atom. The number of nitrogens with zero attached hydrogens (tertiary/aromatic N) is 6. The van der Waals surface area contributed by atoms with Gasteiger partial charge in [-0.1, -0.05) is 18.2 Å². The summed E-state index contributed by atoms with van der Waals surface area (Å²) >= 11 is 0. The second kappa shape index (κ2) is 10.6. The van der Waals surface area contributed by atoms with Crippen LogP contribution in [0.25, 0.3) is 17.2 Å². The van der Waals surface area contributed by atoms with Gasteiger partial charge < -0.3 is 9.47 Å². The van der Waals surface area contributed by atoms with Gasteiger partial charge in [-0.05, 0) is 56.5 Å². The Kier molecular flexibility index (Phi) is 7.50. The molecular formula is C25H29N7O4S. The van der Waals surface area contributed by atoms with E-state index in [4.69, 9.17) is 9.47 Å². The molecule has 0 aliphatic carbocycles. The second-order valence-corrected chi connectivity index (χ2v) is 10.6. The minimum absolute atomic E-state index is 0.0137. The fourth-order valence-electron chi connectivity index (χ4n) is 3.81. The van der Waals surface area contributed by atoms with Crippen molar-refractivity contribution < 1.29 is 17.9 Å². The molecule has 1 N–H and O–H groups in total. The zero-order valence-electron chi connectivity index (χ0n) is 21.5. The smallest absolute Gasteiger partial charge is 0.243 e. The van der Waals surface area contributed by atoms with Crippen LogP contribution in [0.5, 0.6) is 5.88 Å². The largest absolute Gasteiger partial charge is 0.481 e. The summed E-state index contributed by atoms with van der Waals surface area (Å²) in [5.41, 5.74) is 3.98. The number of anilines is 1. The van der Waals surface area contributed by atoms with Gasteiger partial charge in [0.1, 0.15) is 17.0 Å². The first-order valence-electron chi connectivity index (χ1n) is 11.5. The summed E-state index contributed by atoms with van der Waals surface area (Å²) < 4.78 is 42.1. The van der Waals surface area contributed by atoms with Gasteiger partial charge in [0.15, 0.2) is 11.6 Å². The average molecular weight is 524 g/mol. The lowest BCUT2D eigenvalue weighted by Gasteiger charge is -2.22. The quantitative estimate of drug-likeness (QED) is 0.349. The fraction of sp³-hybridized carbons (Fsp3) is 0.320. The first-order valence-corrected chi connectivity index (χ1v) is 13.1. The van der Waals surface area contributed by atoms with Gasteiger partial charge in [-0.15, -0.1) is 10.2 Å². The highest BCUT2D eigenvalue weighted by Crippen LogP contribution is 2.30. The van der Waals surface area contributed by atoms with Crippen molar-refractivity contribution in [3.8, 4) is 23.1 Å². The van der Waals surface area contributed by atoms with Crippen molar-refractivity contribution in [1.82, 2.24) is 29.7 Å². The van der Waals surface area contributed by atoms with Crippen molar-refractivity contribution >= 4 is 16.0 Å². The molecule has 0 fully saturated rings. The maximum Gasteiger partial charge on any atom is 0.243 e. The van der Waals surface area contributed by atoms with Crippen molar-refractivity contribution in [2.24, 2.45) is 0 Å². The van der Waals surface area contributed by atoms with Crippen LogP contribution in [0.15, 0.2) is 48.8 Å². The summed E-state index contributed by atoms with van der Waals surface area (Å²) in [4.78, 5) is 13.0. The molecule has 1 aromatic carbocycles. The van der Waals surface area contributed by atoms with Crippen LogP contribution in [-0.2, 0) is 14.8 Å². The summed E-state index contributed by atoms with van der Waals surface area (Å²) in [6.45, 7) is 7.30. The predicted octanol–water partition coefficient (Wildman–Crippen LogP) is 3.57. The zero-order valence-corrected chi connectivity index (χ0v) is 22.3. The molecule has 3 aromatic heterocycles. The third-order valence-electron chi connectivity index (χ3n) is 6.10. The summed E-state index contributed by atoms with van der Waals surface area (Å²) in [5, 5.41) is 7.45. The van der Waals surface area contributed by atoms with Gasteiger partial charge in [0.25, 0.3) is 0 Å². The van der Waals surface area contributed by atoms with Gasteiger partial charge in [0.2, 0.25) is 21.9 Å². The van der Waals surface area contributed by atoms with E-state index in [0.717, 1.165) is 16.7 Å². The number of rotatable bonds is 9. The minimum atomic E-state index is -4.04. The number of sulfonamides is 1. The van der Waals surface area contributed by atoms with Gasteiger partial charge in [-0.2, -0.15) is 0 Å². The summed E-state index contributed by atoms with van der Waals surface area (Å²) in [5.74, 6) is 1.02. The van der Waals surface area contributed by atoms with Crippen LogP contribution in [0, 0.1) is 20.8 Å². The molecule has 3 heterocycles. The average Bonchev–Trinajstić information content (AvgIpc) is 3.29. The first kappa shape index (κ1) is 26.2. The normalized spacial score (nSPS) is 13.2. The highest BCUT2D eigenvalue weighted by atomic mass is 32.2. The number of ether oxygens (including phenoxy) is 2.